The number of nitrogens with two attached hydrogens (primary N) is 1. The van der Waals surface area contributed by atoms with Crippen LogP contribution in [0, 0.1) is 0 Å². The van der Waals surface area contributed by atoms with Crippen LogP contribution in [0.3, 0.4) is 0 Å². The number of benzene rings is 1. The molecule has 3 nitrogen and oxygen atoms in total. The predicted molar refractivity (Wildman–Crippen MR) is 71.7 cm³/mol. The number of thioether (sulfide) groups is 1. The first-order valence-electron chi connectivity index (χ1n) is 5.97. The van der Waals surface area contributed by atoms with Crippen molar-refractivity contribution in [2.45, 2.75) is 30.3 Å². The van der Waals surface area contributed by atoms with Crippen LogP contribution in [0.25, 0.3) is 0 Å². The molecule has 0 bridgehead atoms. The minimum atomic E-state index is 0.460. The van der Waals surface area contributed by atoms with Gasteiger partial charge < -0.3 is 15.2 Å². The van der Waals surface area contributed by atoms with Crippen LogP contribution in [0.2, 0.25) is 0 Å². The number of hydrogen-bond acceptors (Lipinski definition) is 4. The monoisotopic (exact) mass is 253 g/mol. The molecule has 1 fully saturated rings. The van der Waals surface area contributed by atoms with Crippen LogP contribution in [0.1, 0.15) is 19.3 Å². The van der Waals surface area contributed by atoms with E-state index in [2.05, 4.69) is 0 Å². The Bertz CT molecular complexity index is 364. The van der Waals surface area contributed by atoms with Gasteiger partial charge in [0.2, 0.25) is 0 Å². The molecule has 4 heteroatoms. The van der Waals surface area contributed by atoms with E-state index >= 15 is 0 Å². The normalized spacial score (nSPS) is 19.5. The molecule has 1 saturated heterocycles. The summed E-state index contributed by atoms with van der Waals surface area (Å²) in [5, 5.41) is 0. The van der Waals surface area contributed by atoms with Gasteiger partial charge in [-0.1, -0.05) is 0 Å². The SMILES string of the molecule is COc1cc(N)ccc1SCCC1CCCO1. The van der Waals surface area contributed by atoms with Crippen LogP contribution < -0.4 is 10.5 Å². The van der Waals surface area contributed by atoms with Crippen molar-refractivity contribution in [1.82, 2.24) is 0 Å². The third-order valence-corrected chi connectivity index (χ3v) is 4.00. The minimum absolute atomic E-state index is 0.460. The molecule has 0 aromatic heterocycles. The van der Waals surface area contributed by atoms with Gasteiger partial charge in [0.15, 0.2) is 0 Å². The summed E-state index contributed by atoms with van der Waals surface area (Å²) >= 11 is 1.81. The maximum Gasteiger partial charge on any atom is 0.134 e. The summed E-state index contributed by atoms with van der Waals surface area (Å²) in [4.78, 5) is 1.15. The summed E-state index contributed by atoms with van der Waals surface area (Å²) in [6, 6.07) is 5.81. The summed E-state index contributed by atoms with van der Waals surface area (Å²) < 4.78 is 10.9. The van der Waals surface area contributed by atoms with E-state index in [9.17, 15) is 0 Å². The van der Waals surface area contributed by atoms with E-state index in [1.807, 2.05) is 18.2 Å². The molecule has 0 aliphatic carbocycles. The summed E-state index contributed by atoms with van der Waals surface area (Å²) in [5.41, 5.74) is 6.46. The van der Waals surface area contributed by atoms with Gasteiger partial charge in [0.05, 0.1) is 13.2 Å². The zero-order valence-electron chi connectivity index (χ0n) is 10.1. The highest BCUT2D eigenvalue weighted by molar-refractivity contribution is 7.99. The van der Waals surface area contributed by atoms with Crippen molar-refractivity contribution < 1.29 is 9.47 Å². The Kier molecular flexibility index (Phi) is 4.57. The van der Waals surface area contributed by atoms with Crippen LogP contribution >= 0.6 is 11.8 Å². The third kappa shape index (κ3) is 3.54. The molecular weight excluding hydrogens is 234 g/mol. The number of nitrogen functional groups attached to an aromatic ring is 1. The van der Waals surface area contributed by atoms with Gasteiger partial charge in [-0.15, -0.1) is 11.8 Å². The van der Waals surface area contributed by atoms with Crippen molar-refractivity contribution in [3.63, 3.8) is 0 Å². The molecular formula is C13H19NO2S. The predicted octanol–water partition coefficient (Wildman–Crippen LogP) is 2.94. The standard InChI is InChI=1S/C13H19NO2S/c1-15-12-9-10(14)4-5-13(12)17-8-6-11-3-2-7-16-11/h4-5,9,11H,2-3,6-8,14H2,1H3. The molecule has 0 spiro atoms. The fourth-order valence-electron chi connectivity index (χ4n) is 1.98. The molecule has 1 unspecified atom stereocenters. The van der Waals surface area contributed by atoms with Gasteiger partial charge in [-0.25, -0.2) is 0 Å². The van der Waals surface area contributed by atoms with E-state index in [0.717, 1.165) is 35.1 Å². The average molecular weight is 253 g/mol. The van der Waals surface area contributed by atoms with Crippen molar-refractivity contribution in [3.05, 3.63) is 18.2 Å². The number of anilines is 1. The van der Waals surface area contributed by atoms with Crippen molar-refractivity contribution in [1.29, 1.82) is 0 Å². The third-order valence-electron chi connectivity index (χ3n) is 2.91. The van der Waals surface area contributed by atoms with Gasteiger partial charge in [0.25, 0.3) is 0 Å². The van der Waals surface area contributed by atoms with Gasteiger partial charge >= 0.3 is 0 Å². The average Bonchev–Trinajstić information content (AvgIpc) is 2.84. The number of ether oxygens (including phenoxy) is 2. The van der Waals surface area contributed by atoms with Crippen LogP contribution in [0.4, 0.5) is 5.69 Å². The molecule has 2 N–H and O–H groups in total. The topological polar surface area (TPSA) is 44.5 Å². The van der Waals surface area contributed by atoms with Crippen molar-refractivity contribution in [3.8, 4) is 5.75 Å². The Morgan fingerprint density at radius 3 is 3.12 bits per heavy atom. The number of methoxy groups -OCH3 is 1. The highest BCUT2D eigenvalue weighted by Gasteiger charge is 2.15. The Morgan fingerprint density at radius 1 is 1.53 bits per heavy atom. The lowest BCUT2D eigenvalue weighted by atomic mass is 10.2. The Hall–Kier alpha value is -0.870. The summed E-state index contributed by atoms with van der Waals surface area (Å²) in [6.07, 6.45) is 3.99. The minimum Gasteiger partial charge on any atom is -0.496 e. The summed E-state index contributed by atoms with van der Waals surface area (Å²) in [7, 11) is 1.68. The van der Waals surface area contributed by atoms with Crippen LogP contribution in [-0.2, 0) is 4.74 Å². The lowest BCUT2D eigenvalue weighted by Crippen LogP contribution is -2.05. The maximum absolute atomic E-state index is 5.72. The van der Waals surface area contributed by atoms with E-state index in [1.165, 1.54) is 12.8 Å². The molecule has 0 saturated carbocycles. The van der Waals surface area contributed by atoms with Crippen LogP contribution in [0.5, 0.6) is 5.75 Å². The molecule has 1 aliphatic rings. The first-order valence-corrected chi connectivity index (χ1v) is 6.96. The highest BCUT2D eigenvalue weighted by Crippen LogP contribution is 2.32. The summed E-state index contributed by atoms with van der Waals surface area (Å²) in [6.45, 7) is 0.931. The second-order valence-corrected chi connectivity index (χ2v) is 5.32. The van der Waals surface area contributed by atoms with Gasteiger partial charge in [-0.3, -0.25) is 0 Å². The first kappa shape index (κ1) is 12.6. The molecule has 17 heavy (non-hydrogen) atoms. The second kappa shape index (κ2) is 6.17. The van der Waals surface area contributed by atoms with E-state index < -0.39 is 0 Å². The molecule has 2 rings (SSSR count). The van der Waals surface area contributed by atoms with E-state index in [4.69, 9.17) is 15.2 Å². The van der Waals surface area contributed by atoms with Crippen LogP contribution in [0.15, 0.2) is 23.1 Å². The van der Waals surface area contributed by atoms with E-state index in [0.29, 0.717) is 6.10 Å². The smallest absolute Gasteiger partial charge is 0.134 e. The Labute approximate surface area is 107 Å². The molecule has 0 amide bonds. The van der Waals surface area contributed by atoms with Gasteiger partial charge in [0.1, 0.15) is 5.75 Å². The largest absolute Gasteiger partial charge is 0.496 e. The van der Waals surface area contributed by atoms with Gasteiger partial charge in [-0.05, 0) is 31.4 Å². The lowest BCUT2D eigenvalue weighted by molar-refractivity contribution is 0.109. The lowest BCUT2D eigenvalue weighted by Gasteiger charge is -2.11. The molecule has 1 aromatic rings. The van der Waals surface area contributed by atoms with Crippen molar-refractivity contribution in [2.75, 3.05) is 25.2 Å². The maximum atomic E-state index is 5.72. The Morgan fingerprint density at radius 2 is 2.41 bits per heavy atom. The molecule has 1 aliphatic heterocycles. The van der Waals surface area contributed by atoms with Gasteiger partial charge in [0, 0.05) is 29.0 Å². The zero-order valence-corrected chi connectivity index (χ0v) is 11.0. The summed E-state index contributed by atoms with van der Waals surface area (Å²) in [5.74, 6) is 1.92. The fourth-order valence-corrected chi connectivity index (χ4v) is 3.03. The van der Waals surface area contributed by atoms with Crippen molar-refractivity contribution >= 4 is 17.4 Å². The first-order chi connectivity index (χ1) is 8.29. The molecule has 1 heterocycles. The van der Waals surface area contributed by atoms with E-state index in [1.54, 1.807) is 18.9 Å². The highest BCUT2D eigenvalue weighted by atomic mass is 32.2. The van der Waals surface area contributed by atoms with Gasteiger partial charge in [-0.2, -0.15) is 0 Å². The quantitative estimate of drug-likeness (QED) is 0.647. The Balaban J connectivity index is 1.85. The molecule has 1 aromatic carbocycles. The number of rotatable bonds is 5. The molecule has 1 atom stereocenters. The van der Waals surface area contributed by atoms with Crippen molar-refractivity contribution in [2.24, 2.45) is 0 Å². The second-order valence-electron chi connectivity index (χ2n) is 4.18. The molecule has 0 radical (unpaired) electrons. The molecule has 94 valence electrons. The van der Waals surface area contributed by atoms with E-state index in [-0.39, 0.29) is 0 Å². The number of hydrogen-bond donors (Lipinski definition) is 1. The fraction of sp³-hybridized carbons (Fsp3) is 0.538. The zero-order chi connectivity index (χ0) is 12.1. The van der Waals surface area contributed by atoms with Crippen LogP contribution in [-0.4, -0.2) is 25.6 Å².